The third-order valence-electron chi connectivity index (χ3n) is 6.44. The van der Waals surface area contributed by atoms with Gasteiger partial charge in [-0.15, -0.1) is 0 Å². The van der Waals surface area contributed by atoms with Gasteiger partial charge in [-0.05, 0) is 71.7 Å². The van der Waals surface area contributed by atoms with Crippen LogP contribution >= 0.6 is 0 Å². The van der Waals surface area contributed by atoms with Gasteiger partial charge in [0.15, 0.2) is 11.5 Å². The number of aryl methyl sites for hydroxylation is 2. The highest BCUT2D eigenvalue weighted by atomic mass is 16.6. The molecule has 0 spiro atoms. The molecule has 10 heteroatoms. The molecule has 0 aromatic heterocycles. The Morgan fingerprint density at radius 1 is 0.974 bits per heavy atom. The number of hydrogen-bond donors (Lipinski definition) is 0. The van der Waals surface area contributed by atoms with Gasteiger partial charge in [0.05, 0.1) is 53.2 Å². The number of hydrogen-bond acceptors (Lipinski definition) is 8. The first-order valence-electron chi connectivity index (χ1n) is 13.5. The zero-order valence-electron chi connectivity index (χ0n) is 22.9. The summed E-state index contributed by atoms with van der Waals surface area (Å²) in [5, 5.41) is 3.38. The van der Waals surface area contributed by atoms with E-state index in [1.165, 1.54) is 16.7 Å². The van der Waals surface area contributed by atoms with Crippen molar-refractivity contribution in [2.75, 3.05) is 59.9 Å². The predicted molar refractivity (Wildman–Crippen MR) is 147 cm³/mol. The summed E-state index contributed by atoms with van der Waals surface area (Å²) in [6.45, 7) is 5.17. The molecule has 0 saturated carbocycles. The number of esters is 1. The van der Waals surface area contributed by atoms with Crippen molar-refractivity contribution in [1.29, 1.82) is 0 Å². The van der Waals surface area contributed by atoms with Crippen molar-refractivity contribution in [3.05, 3.63) is 63.5 Å². The summed E-state index contributed by atoms with van der Waals surface area (Å²) in [6, 6.07) is 12.1. The Labute approximate surface area is 230 Å². The van der Waals surface area contributed by atoms with E-state index in [0.29, 0.717) is 52.6 Å². The number of fused-ring (bicyclic) bond motifs is 1. The van der Waals surface area contributed by atoms with Crippen molar-refractivity contribution in [2.24, 2.45) is 5.11 Å². The summed E-state index contributed by atoms with van der Waals surface area (Å²) < 4.78 is 33.2. The Morgan fingerprint density at radius 3 is 2.56 bits per heavy atom. The minimum atomic E-state index is -0.219. The van der Waals surface area contributed by atoms with Crippen molar-refractivity contribution in [1.82, 2.24) is 0 Å². The fraction of sp³-hybridized carbons (Fsp3) is 0.552. The van der Waals surface area contributed by atoms with E-state index in [2.05, 4.69) is 35.1 Å². The molecule has 0 unspecified atom stereocenters. The Hall–Kier alpha value is -3.46. The van der Waals surface area contributed by atoms with Crippen molar-refractivity contribution in [3.8, 4) is 17.2 Å². The Kier molecular flexibility index (Phi) is 13.3. The van der Waals surface area contributed by atoms with E-state index in [1.807, 2.05) is 18.2 Å². The molecule has 2 aromatic rings. The normalized spacial score (nSPS) is 13.8. The Balaban J connectivity index is 1.30. The van der Waals surface area contributed by atoms with Crippen LogP contribution in [0, 0.1) is 0 Å². The number of nitrogens with zero attached hydrogens (tertiary/aromatic N) is 3. The van der Waals surface area contributed by atoms with Gasteiger partial charge in [-0.3, -0.25) is 4.79 Å². The number of carbonyl (C=O) groups excluding carboxylic acids is 1. The molecule has 1 aliphatic carbocycles. The van der Waals surface area contributed by atoms with Gasteiger partial charge in [-0.25, -0.2) is 0 Å². The molecule has 1 atom stereocenters. The molecule has 10 nitrogen and oxygen atoms in total. The maximum Gasteiger partial charge on any atom is 0.306 e. The number of carbonyl (C=O) groups is 1. The van der Waals surface area contributed by atoms with Gasteiger partial charge in [-0.2, -0.15) is 0 Å². The molecule has 0 saturated heterocycles. The topological polar surface area (TPSA) is 121 Å². The molecular formula is C29H39N3O7. The molecule has 0 fully saturated rings. The number of benzene rings is 2. The second-order valence-electron chi connectivity index (χ2n) is 9.09. The monoisotopic (exact) mass is 541 g/mol. The van der Waals surface area contributed by atoms with Crippen LogP contribution in [0.4, 0.5) is 0 Å². The molecule has 2 aromatic carbocycles. The molecule has 0 heterocycles. The maximum absolute atomic E-state index is 12.3. The lowest BCUT2D eigenvalue weighted by Crippen LogP contribution is -2.14. The molecular weight excluding hydrogens is 502 g/mol. The summed E-state index contributed by atoms with van der Waals surface area (Å²) in [5.41, 5.74) is 11.8. The smallest absolute Gasteiger partial charge is 0.306 e. The van der Waals surface area contributed by atoms with Gasteiger partial charge in [0.2, 0.25) is 0 Å². The minimum absolute atomic E-state index is 0.161. The summed E-state index contributed by atoms with van der Waals surface area (Å²) in [7, 11) is 1.65. The van der Waals surface area contributed by atoms with Crippen LogP contribution in [0.15, 0.2) is 41.5 Å². The maximum atomic E-state index is 12.3. The van der Waals surface area contributed by atoms with Gasteiger partial charge >= 0.3 is 5.97 Å². The standard InChI is InChI=1S/C29H39N3O7/c1-3-22-5-10-27(28(19-22)34-2)38-13-4-12-37-25-8-9-26-23(20-25)6-7-24(26)21-29(33)39-18-17-36-16-15-35-14-11-31-32-30/h5,8-10,19-20,24H,3-4,6-7,11-18,21H2,1-2H3/t24-/m0/s1. The average molecular weight is 542 g/mol. The number of ether oxygens (including phenoxy) is 6. The van der Waals surface area contributed by atoms with E-state index < -0.39 is 0 Å². The third-order valence-corrected chi connectivity index (χ3v) is 6.44. The number of azide groups is 1. The van der Waals surface area contributed by atoms with Crippen LogP contribution in [-0.2, 0) is 31.8 Å². The highest BCUT2D eigenvalue weighted by Crippen LogP contribution is 2.37. The highest BCUT2D eigenvalue weighted by Gasteiger charge is 2.25. The largest absolute Gasteiger partial charge is 0.493 e. The van der Waals surface area contributed by atoms with Gasteiger partial charge in [0.25, 0.3) is 0 Å². The quantitative estimate of drug-likeness (QED) is 0.0766. The molecule has 0 radical (unpaired) electrons. The van der Waals surface area contributed by atoms with Crippen LogP contribution in [-0.4, -0.2) is 65.9 Å². The van der Waals surface area contributed by atoms with Crippen LogP contribution < -0.4 is 14.2 Å². The third kappa shape index (κ3) is 10.3. The zero-order valence-corrected chi connectivity index (χ0v) is 22.9. The van der Waals surface area contributed by atoms with Gasteiger partial charge < -0.3 is 28.4 Å². The van der Waals surface area contributed by atoms with Crippen molar-refractivity contribution in [3.63, 3.8) is 0 Å². The van der Waals surface area contributed by atoms with Gasteiger partial charge in [0, 0.05) is 17.9 Å². The first-order chi connectivity index (χ1) is 19.1. The first-order valence-corrected chi connectivity index (χ1v) is 13.5. The SMILES string of the molecule is CCc1ccc(OCCCOc2ccc3c(c2)CC[C@H]3CC(=O)OCCOCCOCCN=[N+]=[N-])c(OC)c1. The Bertz CT molecular complexity index is 1090. The van der Waals surface area contributed by atoms with E-state index in [0.717, 1.165) is 42.9 Å². The molecule has 0 aliphatic heterocycles. The van der Waals surface area contributed by atoms with Crippen LogP contribution in [0.25, 0.3) is 10.4 Å². The van der Waals surface area contributed by atoms with Crippen LogP contribution in [0.3, 0.4) is 0 Å². The van der Waals surface area contributed by atoms with Crippen LogP contribution in [0.5, 0.6) is 17.2 Å². The average Bonchev–Trinajstić information content (AvgIpc) is 3.35. The lowest BCUT2D eigenvalue weighted by Gasteiger charge is -2.13. The second kappa shape index (κ2) is 17.2. The van der Waals surface area contributed by atoms with Gasteiger partial charge in [0.1, 0.15) is 12.4 Å². The van der Waals surface area contributed by atoms with E-state index in [9.17, 15) is 4.79 Å². The highest BCUT2D eigenvalue weighted by molar-refractivity contribution is 5.71. The first kappa shape index (κ1) is 30.1. The zero-order chi connectivity index (χ0) is 27.7. The van der Waals surface area contributed by atoms with Crippen molar-refractivity contribution in [2.45, 2.75) is 44.9 Å². The summed E-state index contributed by atoms with van der Waals surface area (Å²) in [5.74, 6) is 2.27. The van der Waals surface area contributed by atoms with E-state index in [-0.39, 0.29) is 18.5 Å². The minimum Gasteiger partial charge on any atom is -0.493 e. The van der Waals surface area contributed by atoms with Crippen LogP contribution in [0.2, 0.25) is 0 Å². The predicted octanol–water partition coefficient (Wildman–Crippen LogP) is 5.41. The molecule has 39 heavy (non-hydrogen) atoms. The molecule has 0 bridgehead atoms. The summed E-state index contributed by atoms with van der Waals surface area (Å²) >= 11 is 0. The lowest BCUT2D eigenvalue weighted by atomic mass is 9.98. The fourth-order valence-corrected chi connectivity index (χ4v) is 4.41. The van der Waals surface area contributed by atoms with Gasteiger partial charge in [-0.1, -0.05) is 24.2 Å². The Morgan fingerprint density at radius 2 is 1.77 bits per heavy atom. The van der Waals surface area contributed by atoms with Crippen molar-refractivity contribution < 1.29 is 33.2 Å². The molecule has 212 valence electrons. The lowest BCUT2D eigenvalue weighted by molar-refractivity contribution is -0.145. The van der Waals surface area contributed by atoms with Crippen LogP contribution in [0.1, 0.15) is 48.8 Å². The molecule has 0 amide bonds. The number of rotatable bonds is 19. The number of methoxy groups -OCH3 is 1. The molecule has 1 aliphatic rings. The summed E-state index contributed by atoms with van der Waals surface area (Å²) in [4.78, 5) is 15.0. The van der Waals surface area contributed by atoms with E-state index in [4.69, 9.17) is 34.0 Å². The fourth-order valence-electron chi connectivity index (χ4n) is 4.41. The molecule has 0 N–H and O–H groups in total. The van der Waals surface area contributed by atoms with E-state index in [1.54, 1.807) is 7.11 Å². The second-order valence-corrected chi connectivity index (χ2v) is 9.09. The van der Waals surface area contributed by atoms with Crippen molar-refractivity contribution >= 4 is 5.97 Å². The molecule has 3 rings (SSSR count). The van der Waals surface area contributed by atoms with E-state index >= 15 is 0 Å². The summed E-state index contributed by atoms with van der Waals surface area (Å²) in [6.07, 6.45) is 3.90.